The summed E-state index contributed by atoms with van der Waals surface area (Å²) in [6.07, 6.45) is 1.27. The first-order valence-corrected chi connectivity index (χ1v) is 7.71. The highest BCUT2D eigenvalue weighted by Crippen LogP contribution is 2.23. The minimum absolute atomic E-state index is 0.00492. The van der Waals surface area contributed by atoms with Gasteiger partial charge in [0.2, 0.25) is 5.91 Å². The highest BCUT2D eigenvalue weighted by Gasteiger charge is 2.23. The lowest BCUT2D eigenvalue weighted by atomic mass is 10.1. The van der Waals surface area contributed by atoms with E-state index in [1.165, 1.54) is 18.2 Å². The largest absolute Gasteiger partial charge is 0.383 e. The number of benzene rings is 1. The number of carbonyl (C=O) groups is 2. The number of amides is 2. The molecule has 1 aromatic rings. The molecule has 2 N–H and O–H groups in total. The topological polar surface area (TPSA) is 70.7 Å². The molecule has 0 unspecified atom stereocenters. The van der Waals surface area contributed by atoms with Crippen LogP contribution in [-0.2, 0) is 9.53 Å². The molecule has 0 saturated carbocycles. The second kappa shape index (κ2) is 8.59. The lowest BCUT2D eigenvalue weighted by molar-refractivity contribution is -0.117. The van der Waals surface area contributed by atoms with Gasteiger partial charge < -0.3 is 20.3 Å². The molecule has 0 aliphatic carbocycles. The Balaban J connectivity index is 1.92. The molecule has 0 radical (unpaired) electrons. The van der Waals surface area contributed by atoms with Crippen LogP contribution in [0.2, 0.25) is 0 Å². The Labute approximate surface area is 135 Å². The Morgan fingerprint density at radius 2 is 2.17 bits per heavy atom. The molecule has 0 bridgehead atoms. The maximum Gasteiger partial charge on any atom is 0.254 e. The third-order valence-electron chi connectivity index (χ3n) is 3.65. The van der Waals surface area contributed by atoms with Crippen LogP contribution in [0.15, 0.2) is 18.2 Å². The van der Waals surface area contributed by atoms with Crippen LogP contribution in [0.5, 0.6) is 0 Å². The van der Waals surface area contributed by atoms with E-state index >= 15 is 0 Å². The number of halogens is 1. The van der Waals surface area contributed by atoms with Crippen LogP contribution in [0.4, 0.5) is 10.1 Å². The Bertz CT molecular complexity index is 566. The van der Waals surface area contributed by atoms with Crippen molar-refractivity contribution in [3.05, 3.63) is 29.6 Å². The van der Waals surface area contributed by atoms with Crippen molar-refractivity contribution in [2.45, 2.75) is 12.8 Å². The van der Waals surface area contributed by atoms with Crippen LogP contribution >= 0.6 is 0 Å². The third-order valence-corrected chi connectivity index (χ3v) is 3.65. The van der Waals surface area contributed by atoms with Crippen LogP contribution < -0.4 is 15.5 Å². The molecular formula is C16H22FN3O3. The molecule has 0 atom stereocenters. The minimum Gasteiger partial charge on any atom is -0.383 e. The van der Waals surface area contributed by atoms with E-state index in [2.05, 4.69) is 10.6 Å². The van der Waals surface area contributed by atoms with E-state index in [0.29, 0.717) is 44.9 Å². The molecule has 1 aliphatic rings. The van der Waals surface area contributed by atoms with Crippen molar-refractivity contribution in [1.82, 2.24) is 10.6 Å². The van der Waals surface area contributed by atoms with Gasteiger partial charge in [-0.05, 0) is 24.6 Å². The molecule has 1 aliphatic heterocycles. The minimum atomic E-state index is -0.592. The summed E-state index contributed by atoms with van der Waals surface area (Å²) < 4.78 is 18.8. The van der Waals surface area contributed by atoms with Gasteiger partial charge in [-0.2, -0.15) is 0 Å². The summed E-state index contributed by atoms with van der Waals surface area (Å²) in [5, 5.41) is 5.74. The van der Waals surface area contributed by atoms with Crippen molar-refractivity contribution in [3.63, 3.8) is 0 Å². The number of nitrogens with zero attached hydrogens (tertiary/aromatic N) is 1. The summed E-state index contributed by atoms with van der Waals surface area (Å²) in [5.41, 5.74) is 0.524. The Morgan fingerprint density at radius 1 is 1.35 bits per heavy atom. The van der Waals surface area contributed by atoms with Crippen molar-refractivity contribution in [1.29, 1.82) is 0 Å². The zero-order chi connectivity index (χ0) is 16.7. The van der Waals surface area contributed by atoms with E-state index in [1.54, 1.807) is 12.0 Å². The number of hydrogen-bond donors (Lipinski definition) is 2. The van der Waals surface area contributed by atoms with Crippen molar-refractivity contribution in [3.8, 4) is 0 Å². The average Bonchev–Trinajstić information content (AvgIpc) is 2.97. The van der Waals surface area contributed by atoms with Gasteiger partial charge in [0.15, 0.2) is 0 Å². The van der Waals surface area contributed by atoms with E-state index in [4.69, 9.17) is 4.74 Å². The monoisotopic (exact) mass is 323 g/mol. The Kier molecular flexibility index (Phi) is 6.49. The zero-order valence-corrected chi connectivity index (χ0v) is 13.2. The normalized spacial score (nSPS) is 14.3. The van der Waals surface area contributed by atoms with Crippen molar-refractivity contribution >= 4 is 17.5 Å². The van der Waals surface area contributed by atoms with Gasteiger partial charge in [0.25, 0.3) is 5.91 Å². The van der Waals surface area contributed by atoms with Crippen LogP contribution in [0, 0.1) is 5.82 Å². The van der Waals surface area contributed by atoms with Gasteiger partial charge in [-0.1, -0.05) is 0 Å². The maximum atomic E-state index is 13.9. The van der Waals surface area contributed by atoms with E-state index in [-0.39, 0.29) is 11.5 Å². The van der Waals surface area contributed by atoms with E-state index < -0.39 is 11.7 Å². The number of hydrogen-bond acceptors (Lipinski definition) is 4. The molecule has 1 saturated heterocycles. The van der Waals surface area contributed by atoms with Crippen LogP contribution in [0.3, 0.4) is 0 Å². The van der Waals surface area contributed by atoms with Crippen LogP contribution in [0.1, 0.15) is 23.2 Å². The molecule has 0 aromatic heterocycles. The molecule has 1 heterocycles. The first kappa shape index (κ1) is 17.4. The summed E-state index contributed by atoms with van der Waals surface area (Å²) in [5.74, 6) is -1.07. The first-order valence-electron chi connectivity index (χ1n) is 7.71. The molecule has 23 heavy (non-hydrogen) atoms. The molecule has 126 valence electrons. The molecular weight excluding hydrogens is 301 g/mol. The first-order chi connectivity index (χ1) is 11.1. The number of ether oxygens (including phenoxy) is 1. The Morgan fingerprint density at radius 3 is 2.87 bits per heavy atom. The molecule has 2 amide bonds. The number of methoxy groups -OCH3 is 1. The highest BCUT2D eigenvalue weighted by atomic mass is 19.1. The number of anilines is 1. The lowest BCUT2D eigenvalue weighted by Crippen LogP contribution is -2.33. The Hall–Kier alpha value is -1.99. The van der Waals surface area contributed by atoms with Gasteiger partial charge in [-0.25, -0.2) is 4.39 Å². The second-order valence-electron chi connectivity index (χ2n) is 5.31. The van der Waals surface area contributed by atoms with Crippen molar-refractivity contribution in [2.75, 3.05) is 44.8 Å². The summed E-state index contributed by atoms with van der Waals surface area (Å²) in [6, 6.07) is 4.19. The zero-order valence-electron chi connectivity index (χ0n) is 13.2. The quantitative estimate of drug-likeness (QED) is 0.698. The van der Waals surface area contributed by atoms with Gasteiger partial charge in [-0.3, -0.25) is 9.59 Å². The molecule has 6 nitrogen and oxygen atoms in total. The fourth-order valence-electron chi connectivity index (χ4n) is 2.44. The summed E-state index contributed by atoms with van der Waals surface area (Å²) in [7, 11) is 1.62. The van der Waals surface area contributed by atoms with Gasteiger partial charge in [0.05, 0.1) is 12.2 Å². The predicted molar refractivity (Wildman–Crippen MR) is 85.1 cm³/mol. The lowest BCUT2D eigenvalue weighted by Gasteiger charge is -2.17. The van der Waals surface area contributed by atoms with Crippen LogP contribution in [-0.4, -0.2) is 51.7 Å². The fourth-order valence-corrected chi connectivity index (χ4v) is 2.44. The van der Waals surface area contributed by atoms with Crippen LogP contribution in [0.25, 0.3) is 0 Å². The van der Waals surface area contributed by atoms with E-state index in [1.807, 2.05) is 0 Å². The SMILES string of the molecule is COCCNCCNC(=O)c1cc(N2CCCC2=O)ccc1F. The van der Waals surface area contributed by atoms with Crippen molar-refractivity contribution in [2.24, 2.45) is 0 Å². The van der Waals surface area contributed by atoms with Crippen molar-refractivity contribution < 1.29 is 18.7 Å². The highest BCUT2D eigenvalue weighted by molar-refractivity contribution is 5.99. The van der Waals surface area contributed by atoms with Gasteiger partial charge in [-0.15, -0.1) is 0 Å². The van der Waals surface area contributed by atoms with Gasteiger partial charge in [0.1, 0.15) is 5.82 Å². The standard InChI is InChI=1S/C16H22FN3O3/c1-23-10-8-18-6-7-19-16(22)13-11-12(4-5-14(13)17)20-9-2-3-15(20)21/h4-5,11,18H,2-3,6-10H2,1H3,(H,19,22). The smallest absolute Gasteiger partial charge is 0.254 e. The molecule has 1 fully saturated rings. The number of carbonyl (C=O) groups excluding carboxylic acids is 2. The van der Waals surface area contributed by atoms with Gasteiger partial charge >= 0.3 is 0 Å². The molecule has 7 heteroatoms. The van der Waals surface area contributed by atoms with E-state index in [9.17, 15) is 14.0 Å². The summed E-state index contributed by atoms with van der Waals surface area (Å²) in [4.78, 5) is 25.4. The molecule has 2 rings (SSSR count). The number of nitrogens with one attached hydrogen (secondary N) is 2. The third kappa shape index (κ3) is 4.74. The summed E-state index contributed by atoms with van der Waals surface area (Å²) in [6.45, 7) is 2.84. The summed E-state index contributed by atoms with van der Waals surface area (Å²) >= 11 is 0. The second-order valence-corrected chi connectivity index (χ2v) is 5.31. The predicted octanol–water partition coefficient (Wildman–Crippen LogP) is 0.918. The maximum absolute atomic E-state index is 13.9. The van der Waals surface area contributed by atoms with Gasteiger partial charge in [0, 0.05) is 45.4 Å². The molecule has 0 spiro atoms. The number of rotatable bonds is 8. The van der Waals surface area contributed by atoms with E-state index in [0.717, 1.165) is 6.42 Å². The average molecular weight is 323 g/mol. The molecule has 1 aromatic carbocycles. The fraction of sp³-hybridized carbons (Fsp3) is 0.500.